The van der Waals surface area contributed by atoms with Crippen LogP contribution >= 0.6 is 0 Å². The maximum atomic E-state index is 4.45. The summed E-state index contributed by atoms with van der Waals surface area (Å²) in [5.74, 6) is 0. The first-order valence-electron chi connectivity index (χ1n) is 6.98. The summed E-state index contributed by atoms with van der Waals surface area (Å²) in [4.78, 5) is 1.60. The number of anilines is 1. The molecule has 6 nitrogen and oxygen atoms in total. The van der Waals surface area contributed by atoms with Gasteiger partial charge in [0.25, 0.3) is 0 Å². The van der Waals surface area contributed by atoms with Gasteiger partial charge >= 0.3 is 0 Å². The van der Waals surface area contributed by atoms with Crippen LogP contribution in [0.5, 0.6) is 0 Å². The molecule has 0 aliphatic carbocycles. The Kier molecular flexibility index (Phi) is 3.68. The Morgan fingerprint density at radius 2 is 1.81 bits per heavy atom. The summed E-state index contributed by atoms with van der Waals surface area (Å²) < 4.78 is 1.86. The molecule has 0 spiro atoms. The minimum atomic E-state index is 0.774. The van der Waals surface area contributed by atoms with Crippen LogP contribution in [0.3, 0.4) is 0 Å². The van der Waals surface area contributed by atoms with Crippen molar-refractivity contribution in [3.8, 4) is 5.69 Å². The number of nitrogens with zero attached hydrogens (tertiary/aromatic N) is 5. The third-order valence-electron chi connectivity index (χ3n) is 3.33. The van der Waals surface area contributed by atoms with Gasteiger partial charge in [0, 0.05) is 31.0 Å². The molecule has 0 fully saturated rings. The third-order valence-corrected chi connectivity index (χ3v) is 3.33. The average molecular weight is 282 g/mol. The number of aryl methyl sites for hydroxylation is 2. The zero-order chi connectivity index (χ0) is 14.7. The molecule has 1 N–H and O–H groups in total. The second kappa shape index (κ2) is 5.78. The number of aromatic nitrogens is 5. The van der Waals surface area contributed by atoms with E-state index in [-0.39, 0.29) is 0 Å². The monoisotopic (exact) mass is 282 g/mol. The molecular formula is C15H18N6. The van der Waals surface area contributed by atoms with Crippen molar-refractivity contribution < 1.29 is 0 Å². The zero-order valence-corrected chi connectivity index (χ0v) is 12.2. The maximum Gasteiger partial charge on any atom is 0.0858 e. The lowest BCUT2D eigenvalue weighted by Gasteiger charge is -2.07. The van der Waals surface area contributed by atoms with Crippen LogP contribution in [-0.4, -0.2) is 24.8 Å². The zero-order valence-electron chi connectivity index (χ0n) is 12.2. The van der Waals surface area contributed by atoms with E-state index in [0.29, 0.717) is 0 Å². The lowest BCUT2D eigenvalue weighted by molar-refractivity contribution is 0.746. The second-order valence-electron chi connectivity index (χ2n) is 4.85. The van der Waals surface area contributed by atoms with Crippen molar-refractivity contribution in [1.82, 2.24) is 24.8 Å². The molecule has 108 valence electrons. The Morgan fingerprint density at radius 1 is 1.10 bits per heavy atom. The Bertz CT molecular complexity index is 696. The van der Waals surface area contributed by atoms with Crippen molar-refractivity contribution in [3.05, 3.63) is 54.1 Å². The molecule has 21 heavy (non-hydrogen) atoms. The molecule has 0 saturated heterocycles. The maximum absolute atomic E-state index is 4.45. The topological polar surface area (TPSA) is 60.6 Å². The van der Waals surface area contributed by atoms with E-state index in [1.165, 1.54) is 5.56 Å². The minimum absolute atomic E-state index is 0.774. The summed E-state index contributed by atoms with van der Waals surface area (Å²) in [6.45, 7) is 2.90. The first kappa shape index (κ1) is 13.4. The average Bonchev–Trinajstić information content (AvgIpc) is 3.15. The van der Waals surface area contributed by atoms with Crippen LogP contribution < -0.4 is 5.32 Å². The molecule has 3 aromatic rings. The highest BCUT2D eigenvalue weighted by Crippen LogP contribution is 2.14. The highest BCUT2D eigenvalue weighted by atomic mass is 15.5. The SMILES string of the molecule is CCc1nn(C)cc1CNc1ccc(-n2nccn2)cc1. The molecular weight excluding hydrogens is 264 g/mol. The summed E-state index contributed by atoms with van der Waals surface area (Å²) in [6, 6.07) is 8.04. The Balaban J connectivity index is 1.68. The van der Waals surface area contributed by atoms with Crippen LogP contribution in [0.4, 0.5) is 5.69 Å². The van der Waals surface area contributed by atoms with E-state index in [2.05, 4.69) is 33.7 Å². The Hall–Kier alpha value is -2.63. The number of hydrogen-bond donors (Lipinski definition) is 1. The van der Waals surface area contributed by atoms with E-state index >= 15 is 0 Å². The highest BCUT2D eigenvalue weighted by molar-refractivity contribution is 5.48. The quantitative estimate of drug-likeness (QED) is 0.779. The molecule has 0 unspecified atom stereocenters. The van der Waals surface area contributed by atoms with Gasteiger partial charge in [-0.1, -0.05) is 6.92 Å². The number of benzene rings is 1. The van der Waals surface area contributed by atoms with Crippen molar-refractivity contribution in [3.63, 3.8) is 0 Å². The van der Waals surface area contributed by atoms with Gasteiger partial charge in [0.05, 0.1) is 23.8 Å². The fourth-order valence-corrected chi connectivity index (χ4v) is 2.29. The highest BCUT2D eigenvalue weighted by Gasteiger charge is 2.05. The molecule has 0 bridgehead atoms. The summed E-state index contributed by atoms with van der Waals surface area (Å²) in [7, 11) is 1.95. The first-order valence-corrected chi connectivity index (χ1v) is 6.98. The second-order valence-corrected chi connectivity index (χ2v) is 4.85. The Labute approximate surface area is 123 Å². The lowest BCUT2D eigenvalue weighted by Crippen LogP contribution is -2.02. The van der Waals surface area contributed by atoms with Crippen molar-refractivity contribution in [2.45, 2.75) is 19.9 Å². The van der Waals surface area contributed by atoms with Gasteiger partial charge in [-0.25, -0.2) is 0 Å². The first-order chi connectivity index (χ1) is 10.3. The molecule has 2 heterocycles. The minimum Gasteiger partial charge on any atom is -0.381 e. The Morgan fingerprint density at radius 3 is 2.48 bits per heavy atom. The van der Waals surface area contributed by atoms with Crippen LogP contribution in [0, 0.1) is 0 Å². The predicted octanol–water partition coefficient (Wildman–Crippen LogP) is 2.18. The van der Waals surface area contributed by atoms with Gasteiger partial charge in [0.15, 0.2) is 0 Å². The van der Waals surface area contributed by atoms with Gasteiger partial charge in [-0.05, 0) is 30.7 Å². The van der Waals surface area contributed by atoms with Crippen LogP contribution in [0.15, 0.2) is 42.9 Å². The van der Waals surface area contributed by atoms with Crippen molar-refractivity contribution in [2.24, 2.45) is 7.05 Å². The molecule has 1 aromatic carbocycles. The van der Waals surface area contributed by atoms with E-state index < -0.39 is 0 Å². The van der Waals surface area contributed by atoms with E-state index in [4.69, 9.17) is 0 Å². The van der Waals surface area contributed by atoms with Crippen LogP contribution in [0.25, 0.3) is 5.69 Å². The van der Waals surface area contributed by atoms with Gasteiger partial charge in [0.1, 0.15) is 0 Å². The van der Waals surface area contributed by atoms with Crippen molar-refractivity contribution in [1.29, 1.82) is 0 Å². The van der Waals surface area contributed by atoms with Gasteiger partial charge in [-0.15, -0.1) is 0 Å². The van der Waals surface area contributed by atoms with Crippen LogP contribution in [0.2, 0.25) is 0 Å². The molecule has 0 atom stereocenters. The standard InChI is InChI=1S/C15H18N6/c1-3-15-12(11-20(2)19-15)10-16-13-4-6-14(7-5-13)21-17-8-9-18-21/h4-9,11,16H,3,10H2,1-2H3. The van der Waals surface area contributed by atoms with Crippen LogP contribution in [0.1, 0.15) is 18.2 Å². The molecule has 0 radical (unpaired) electrons. The van der Waals surface area contributed by atoms with Gasteiger partial charge in [-0.3, -0.25) is 4.68 Å². The van der Waals surface area contributed by atoms with Gasteiger partial charge < -0.3 is 5.32 Å². The molecule has 0 aliphatic heterocycles. The number of nitrogens with one attached hydrogen (secondary N) is 1. The smallest absolute Gasteiger partial charge is 0.0858 e. The lowest BCUT2D eigenvalue weighted by atomic mass is 10.2. The molecule has 6 heteroatoms. The molecule has 3 rings (SSSR count). The summed E-state index contributed by atoms with van der Waals surface area (Å²) in [5.41, 5.74) is 4.39. The van der Waals surface area contributed by atoms with E-state index in [1.54, 1.807) is 17.2 Å². The molecule has 0 saturated carbocycles. The summed E-state index contributed by atoms with van der Waals surface area (Å²) in [5, 5.41) is 16.1. The van der Waals surface area contributed by atoms with E-state index in [9.17, 15) is 0 Å². The molecule has 2 aromatic heterocycles. The fraction of sp³-hybridized carbons (Fsp3) is 0.267. The van der Waals surface area contributed by atoms with Gasteiger partial charge in [-0.2, -0.15) is 20.1 Å². The largest absolute Gasteiger partial charge is 0.381 e. The fourth-order valence-electron chi connectivity index (χ4n) is 2.29. The van der Waals surface area contributed by atoms with E-state index in [1.807, 2.05) is 36.0 Å². The summed E-state index contributed by atoms with van der Waals surface area (Å²) >= 11 is 0. The third kappa shape index (κ3) is 2.94. The molecule has 0 aliphatic rings. The normalized spacial score (nSPS) is 10.8. The predicted molar refractivity (Wildman–Crippen MR) is 81.3 cm³/mol. The van der Waals surface area contributed by atoms with E-state index in [0.717, 1.165) is 30.0 Å². The van der Waals surface area contributed by atoms with Crippen molar-refractivity contribution >= 4 is 5.69 Å². The molecule has 0 amide bonds. The van der Waals surface area contributed by atoms with Gasteiger partial charge in [0.2, 0.25) is 0 Å². The van der Waals surface area contributed by atoms with Crippen molar-refractivity contribution in [2.75, 3.05) is 5.32 Å². The van der Waals surface area contributed by atoms with Crippen LogP contribution in [-0.2, 0) is 20.0 Å². The summed E-state index contributed by atoms with van der Waals surface area (Å²) in [6.07, 6.45) is 6.34. The number of rotatable bonds is 5. The number of hydrogen-bond acceptors (Lipinski definition) is 4.